The molecule has 1 aromatic carbocycles. The lowest BCUT2D eigenvalue weighted by molar-refractivity contribution is 0.0595. The van der Waals surface area contributed by atoms with Crippen molar-refractivity contribution in [2.75, 3.05) is 12.4 Å². The van der Waals surface area contributed by atoms with Crippen molar-refractivity contribution >= 4 is 11.7 Å². The summed E-state index contributed by atoms with van der Waals surface area (Å²) in [6.45, 7) is 3.40. The Morgan fingerprint density at radius 1 is 1.50 bits per heavy atom. The molecule has 1 heterocycles. The van der Waals surface area contributed by atoms with Gasteiger partial charge in [-0.15, -0.1) is 0 Å². The highest BCUT2D eigenvalue weighted by molar-refractivity contribution is 5.90. The number of hydrogen-bond acceptors (Lipinski definition) is 4. The van der Waals surface area contributed by atoms with Gasteiger partial charge in [0.2, 0.25) is 0 Å². The Kier molecular flexibility index (Phi) is 4.34. The number of aromatic nitrogens is 2. The summed E-state index contributed by atoms with van der Waals surface area (Å²) < 4.78 is 20.0. The summed E-state index contributed by atoms with van der Waals surface area (Å²) >= 11 is 0. The van der Waals surface area contributed by atoms with Crippen molar-refractivity contribution in [3.63, 3.8) is 0 Å². The van der Waals surface area contributed by atoms with Crippen molar-refractivity contribution < 1.29 is 13.9 Å². The van der Waals surface area contributed by atoms with Crippen LogP contribution in [0.25, 0.3) is 0 Å². The van der Waals surface area contributed by atoms with E-state index in [1.54, 1.807) is 18.6 Å². The fraction of sp³-hybridized carbons (Fsp3) is 0.286. The SMILES string of the molecule is CCn1cncc1CNc1ccc(F)c(C(=O)OC)c1. The van der Waals surface area contributed by atoms with Crippen LogP contribution in [0.15, 0.2) is 30.7 Å². The number of imidazole rings is 1. The number of rotatable bonds is 5. The molecule has 0 amide bonds. The van der Waals surface area contributed by atoms with Gasteiger partial charge in [0.15, 0.2) is 0 Å². The summed E-state index contributed by atoms with van der Waals surface area (Å²) in [7, 11) is 1.22. The summed E-state index contributed by atoms with van der Waals surface area (Å²) in [6, 6.07) is 4.26. The zero-order valence-electron chi connectivity index (χ0n) is 11.4. The van der Waals surface area contributed by atoms with Gasteiger partial charge in [-0.1, -0.05) is 0 Å². The summed E-state index contributed by atoms with van der Waals surface area (Å²) in [4.78, 5) is 15.5. The molecule has 0 fully saturated rings. The number of nitrogens with zero attached hydrogens (tertiary/aromatic N) is 2. The molecular formula is C14H16FN3O2. The highest BCUT2D eigenvalue weighted by Gasteiger charge is 2.12. The maximum absolute atomic E-state index is 13.5. The minimum atomic E-state index is -0.690. The molecule has 0 radical (unpaired) electrons. The van der Waals surface area contributed by atoms with E-state index in [0.717, 1.165) is 12.2 Å². The van der Waals surface area contributed by atoms with Crippen LogP contribution in [0.5, 0.6) is 0 Å². The Morgan fingerprint density at radius 3 is 3.00 bits per heavy atom. The minimum Gasteiger partial charge on any atom is -0.465 e. The number of carbonyl (C=O) groups excluding carboxylic acids is 1. The molecule has 2 rings (SSSR count). The summed E-state index contributed by atoms with van der Waals surface area (Å²) in [6.07, 6.45) is 3.52. The van der Waals surface area contributed by atoms with Gasteiger partial charge in [-0.05, 0) is 25.1 Å². The molecule has 0 aliphatic rings. The smallest absolute Gasteiger partial charge is 0.340 e. The second-order valence-corrected chi connectivity index (χ2v) is 4.21. The van der Waals surface area contributed by atoms with Crippen LogP contribution in [0.4, 0.5) is 10.1 Å². The number of hydrogen-bond donors (Lipinski definition) is 1. The predicted octanol–water partition coefficient (Wildman–Crippen LogP) is 2.44. The van der Waals surface area contributed by atoms with Gasteiger partial charge in [0, 0.05) is 18.4 Å². The van der Waals surface area contributed by atoms with E-state index in [4.69, 9.17) is 0 Å². The number of halogens is 1. The third kappa shape index (κ3) is 2.96. The van der Waals surface area contributed by atoms with Crippen LogP contribution in [-0.2, 0) is 17.8 Å². The summed E-state index contributed by atoms with van der Waals surface area (Å²) in [5.41, 5.74) is 1.58. The number of methoxy groups -OCH3 is 1. The van der Waals surface area contributed by atoms with E-state index in [9.17, 15) is 9.18 Å². The maximum Gasteiger partial charge on any atom is 0.340 e. The molecular weight excluding hydrogens is 261 g/mol. The molecule has 0 aliphatic carbocycles. The molecule has 2 aromatic rings. The van der Waals surface area contributed by atoms with Crippen molar-refractivity contribution in [2.24, 2.45) is 0 Å². The molecule has 0 aliphatic heterocycles. The summed E-state index contributed by atoms with van der Waals surface area (Å²) in [5.74, 6) is -1.29. The van der Waals surface area contributed by atoms with Crippen molar-refractivity contribution in [2.45, 2.75) is 20.0 Å². The van der Waals surface area contributed by atoms with Crippen LogP contribution in [0, 0.1) is 5.82 Å². The van der Waals surface area contributed by atoms with Crippen molar-refractivity contribution in [3.8, 4) is 0 Å². The first kappa shape index (κ1) is 14.0. The molecule has 1 aromatic heterocycles. The van der Waals surface area contributed by atoms with Crippen LogP contribution in [0.3, 0.4) is 0 Å². The van der Waals surface area contributed by atoms with E-state index < -0.39 is 11.8 Å². The molecule has 0 unspecified atom stereocenters. The molecule has 0 saturated carbocycles. The molecule has 20 heavy (non-hydrogen) atoms. The second-order valence-electron chi connectivity index (χ2n) is 4.21. The number of nitrogens with one attached hydrogen (secondary N) is 1. The lowest BCUT2D eigenvalue weighted by Crippen LogP contribution is -2.08. The fourth-order valence-electron chi connectivity index (χ4n) is 1.87. The van der Waals surface area contributed by atoms with Crippen LogP contribution >= 0.6 is 0 Å². The highest BCUT2D eigenvalue weighted by atomic mass is 19.1. The number of benzene rings is 1. The maximum atomic E-state index is 13.5. The van der Waals surface area contributed by atoms with E-state index in [-0.39, 0.29) is 5.56 Å². The van der Waals surface area contributed by atoms with E-state index in [1.165, 1.54) is 19.2 Å². The van der Waals surface area contributed by atoms with Gasteiger partial charge < -0.3 is 14.6 Å². The monoisotopic (exact) mass is 277 g/mol. The van der Waals surface area contributed by atoms with Gasteiger partial charge >= 0.3 is 5.97 Å². The van der Waals surface area contributed by atoms with E-state index in [0.29, 0.717) is 12.2 Å². The van der Waals surface area contributed by atoms with Crippen LogP contribution in [0.1, 0.15) is 23.0 Å². The van der Waals surface area contributed by atoms with E-state index in [1.807, 2.05) is 11.5 Å². The Morgan fingerprint density at radius 2 is 2.30 bits per heavy atom. The lowest BCUT2D eigenvalue weighted by atomic mass is 10.2. The third-order valence-corrected chi connectivity index (χ3v) is 2.98. The van der Waals surface area contributed by atoms with Crippen LogP contribution in [-0.4, -0.2) is 22.6 Å². The zero-order valence-corrected chi connectivity index (χ0v) is 11.4. The molecule has 0 atom stereocenters. The molecule has 0 bridgehead atoms. The number of ether oxygens (including phenoxy) is 1. The van der Waals surface area contributed by atoms with Gasteiger partial charge in [0.1, 0.15) is 5.82 Å². The average Bonchev–Trinajstić information content (AvgIpc) is 2.93. The number of carbonyl (C=O) groups is 1. The van der Waals surface area contributed by atoms with Crippen molar-refractivity contribution in [3.05, 3.63) is 47.8 Å². The quantitative estimate of drug-likeness (QED) is 0.853. The van der Waals surface area contributed by atoms with Crippen LogP contribution < -0.4 is 5.32 Å². The Bertz CT molecular complexity index is 610. The van der Waals surface area contributed by atoms with E-state index in [2.05, 4.69) is 15.0 Å². The molecule has 0 spiro atoms. The molecule has 106 valence electrons. The zero-order chi connectivity index (χ0) is 14.5. The highest BCUT2D eigenvalue weighted by Crippen LogP contribution is 2.16. The van der Waals surface area contributed by atoms with E-state index >= 15 is 0 Å². The van der Waals surface area contributed by atoms with Gasteiger partial charge in [0.05, 0.1) is 31.2 Å². The topological polar surface area (TPSA) is 56.2 Å². The largest absolute Gasteiger partial charge is 0.465 e. The van der Waals surface area contributed by atoms with Gasteiger partial charge in [-0.2, -0.15) is 0 Å². The average molecular weight is 277 g/mol. The Balaban J connectivity index is 2.12. The molecule has 1 N–H and O–H groups in total. The molecule has 0 saturated heterocycles. The first-order valence-corrected chi connectivity index (χ1v) is 6.26. The standard InChI is InChI=1S/C14H16FN3O2/c1-3-18-9-16-7-11(18)8-17-10-4-5-13(15)12(6-10)14(19)20-2/h4-7,9,17H,3,8H2,1-2H3. The van der Waals surface area contributed by atoms with Crippen molar-refractivity contribution in [1.29, 1.82) is 0 Å². The summed E-state index contributed by atoms with van der Waals surface area (Å²) in [5, 5.41) is 3.13. The van der Waals surface area contributed by atoms with Gasteiger partial charge in [-0.25, -0.2) is 14.2 Å². The van der Waals surface area contributed by atoms with Gasteiger partial charge in [-0.3, -0.25) is 0 Å². The fourth-order valence-corrected chi connectivity index (χ4v) is 1.87. The second kappa shape index (κ2) is 6.18. The Hall–Kier alpha value is -2.37. The third-order valence-electron chi connectivity index (χ3n) is 2.98. The first-order chi connectivity index (χ1) is 9.65. The van der Waals surface area contributed by atoms with Crippen molar-refractivity contribution in [1.82, 2.24) is 9.55 Å². The lowest BCUT2D eigenvalue weighted by Gasteiger charge is -2.10. The van der Waals surface area contributed by atoms with Gasteiger partial charge in [0.25, 0.3) is 0 Å². The Labute approximate surface area is 116 Å². The molecule has 5 nitrogen and oxygen atoms in total. The predicted molar refractivity (Wildman–Crippen MR) is 73.0 cm³/mol. The number of aryl methyl sites for hydroxylation is 1. The minimum absolute atomic E-state index is 0.0819. The first-order valence-electron chi connectivity index (χ1n) is 6.26. The number of anilines is 1. The normalized spacial score (nSPS) is 10.3. The number of esters is 1. The molecule has 6 heteroatoms. The van der Waals surface area contributed by atoms with Crippen LogP contribution in [0.2, 0.25) is 0 Å².